The summed E-state index contributed by atoms with van der Waals surface area (Å²) < 4.78 is 0. The Bertz CT molecular complexity index is 455. The lowest BCUT2D eigenvalue weighted by molar-refractivity contribution is 0.286. The van der Waals surface area contributed by atoms with Crippen LogP contribution in [0, 0.1) is 23.7 Å². The Kier molecular flexibility index (Phi) is 6.81. The summed E-state index contributed by atoms with van der Waals surface area (Å²) in [4.78, 5) is 0. The molecule has 0 unspecified atom stereocenters. The van der Waals surface area contributed by atoms with Gasteiger partial charge in [-0.05, 0) is 86.7 Å². The molecule has 1 aromatic carbocycles. The lowest BCUT2D eigenvalue weighted by Crippen LogP contribution is -2.24. The highest BCUT2D eigenvalue weighted by atomic mass is 14.4. The second-order valence-electron chi connectivity index (χ2n) is 8.22. The van der Waals surface area contributed by atoms with E-state index in [1.54, 1.807) is 5.92 Å². The number of aryl methyl sites for hydroxylation is 1. The largest absolute Gasteiger partial charge is 0.0654 e. The highest BCUT2D eigenvalue weighted by molar-refractivity contribution is 5.34. The van der Waals surface area contributed by atoms with Crippen molar-refractivity contribution in [3.63, 3.8) is 0 Å². The molecule has 0 N–H and O–H groups in total. The van der Waals surface area contributed by atoms with Gasteiger partial charge in [-0.1, -0.05) is 57.4 Å². The molecule has 2 fully saturated rings. The van der Waals surface area contributed by atoms with Gasteiger partial charge >= 0.3 is 0 Å². The molecule has 0 nitrogen and oxygen atoms in total. The summed E-state index contributed by atoms with van der Waals surface area (Å²) in [7, 11) is 0. The van der Waals surface area contributed by atoms with E-state index in [0.717, 1.165) is 11.8 Å². The molecule has 0 spiro atoms. The topological polar surface area (TPSA) is 0 Å². The van der Waals surface area contributed by atoms with Crippen molar-refractivity contribution in [3.8, 4) is 0 Å². The highest BCUT2D eigenvalue weighted by Gasteiger charge is 2.31. The van der Waals surface area contributed by atoms with Gasteiger partial charge in [0.2, 0.25) is 0 Å². The van der Waals surface area contributed by atoms with Gasteiger partial charge in [0.15, 0.2) is 0 Å². The molecule has 2 aliphatic carbocycles. The van der Waals surface area contributed by atoms with Crippen molar-refractivity contribution in [1.29, 1.82) is 0 Å². The lowest BCUT2D eigenvalue weighted by Gasteiger charge is -2.37. The maximum atomic E-state index is 2.38. The Morgan fingerprint density at radius 2 is 1.46 bits per heavy atom. The second-order valence-corrected chi connectivity index (χ2v) is 8.22. The zero-order valence-corrected chi connectivity index (χ0v) is 15.9. The summed E-state index contributed by atoms with van der Waals surface area (Å²) in [5.74, 6) is 5.62. The quantitative estimate of drug-likeness (QED) is 0.514. The molecule has 2 saturated carbocycles. The molecular formula is C24H36. The molecular weight excluding hydrogens is 288 g/mol. The van der Waals surface area contributed by atoms with Gasteiger partial charge in [-0.3, -0.25) is 0 Å². The third-order valence-electron chi connectivity index (χ3n) is 6.51. The molecule has 3 rings (SSSR count). The molecule has 0 aromatic heterocycles. The number of rotatable bonds is 6. The second kappa shape index (κ2) is 9.07. The molecule has 0 atom stereocenters. The Balaban J connectivity index is 1.45. The highest BCUT2D eigenvalue weighted by Crippen LogP contribution is 2.45. The first-order valence-corrected chi connectivity index (χ1v) is 10.6. The molecule has 0 bridgehead atoms. The van der Waals surface area contributed by atoms with Crippen molar-refractivity contribution in [3.05, 3.63) is 47.2 Å². The van der Waals surface area contributed by atoms with Crippen LogP contribution < -0.4 is 0 Å². The van der Waals surface area contributed by atoms with Gasteiger partial charge in [0.1, 0.15) is 0 Å². The first-order valence-electron chi connectivity index (χ1n) is 10.6. The van der Waals surface area contributed by atoms with Crippen molar-refractivity contribution >= 4 is 0 Å². The molecule has 1 aromatic rings. The van der Waals surface area contributed by atoms with Crippen LogP contribution in [0.3, 0.4) is 0 Å². The third kappa shape index (κ3) is 4.64. The fourth-order valence-corrected chi connectivity index (χ4v) is 5.01. The van der Waals surface area contributed by atoms with Crippen LogP contribution in [0.4, 0.5) is 0 Å². The number of hydrogen-bond acceptors (Lipinski definition) is 0. The average molecular weight is 325 g/mol. The van der Waals surface area contributed by atoms with E-state index in [1.807, 2.05) is 5.92 Å². The smallest absolute Gasteiger partial charge is 0.00500 e. The summed E-state index contributed by atoms with van der Waals surface area (Å²) in [6.07, 6.45) is 16.6. The molecule has 0 amide bonds. The van der Waals surface area contributed by atoms with Crippen LogP contribution >= 0.6 is 0 Å². The van der Waals surface area contributed by atoms with Gasteiger partial charge in [0.05, 0.1) is 0 Å². The molecule has 0 aliphatic heterocycles. The van der Waals surface area contributed by atoms with Crippen molar-refractivity contribution in [2.75, 3.05) is 0 Å². The maximum absolute atomic E-state index is 2.38. The van der Waals surface area contributed by atoms with Crippen LogP contribution in [-0.4, -0.2) is 0 Å². The number of hydrogen-bond donors (Lipinski definition) is 0. The Morgan fingerprint density at radius 1 is 0.792 bits per heavy atom. The van der Waals surface area contributed by atoms with Crippen LogP contribution in [0.15, 0.2) is 24.3 Å². The van der Waals surface area contributed by atoms with Crippen molar-refractivity contribution in [2.45, 2.75) is 90.9 Å². The summed E-state index contributed by atoms with van der Waals surface area (Å²) in [5.41, 5.74) is 3.01. The molecule has 0 heterocycles. The van der Waals surface area contributed by atoms with Crippen molar-refractivity contribution in [1.82, 2.24) is 0 Å². The van der Waals surface area contributed by atoms with E-state index in [1.165, 1.54) is 88.2 Å². The number of benzene rings is 1. The fraction of sp³-hybridized carbons (Fsp3) is 0.667. The van der Waals surface area contributed by atoms with E-state index >= 15 is 0 Å². The van der Waals surface area contributed by atoms with Crippen LogP contribution in [0.25, 0.3) is 0 Å². The van der Waals surface area contributed by atoms with Crippen LogP contribution in [0.1, 0.15) is 95.6 Å². The first kappa shape index (κ1) is 18.0. The van der Waals surface area contributed by atoms with E-state index in [9.17, 15) is 0 Å². The van der Waals surface area contributed by atoms with Crippen LogP contribution in [0.2, 0.25) is 0 Å². The van der Waals surface area contributed by atoms with E-state index in [4.69, 9.17) is 0 Å². The van der Waals surface area contributed by atoms with E-state index in [0.29, 0.717) is 0 Å². The minimum atomic E-state index is 0.940. The molecule has 132 valence electrons. The van der Waals surface area contributed by atoms with E-state index in [2.05, 4.69) is 38.1 Å². The Labute approximate surface area is 150 Å². The lowest BCUT2D eigenvalue weighted by atomic mass is 9.68. The van der Waals surface area contributed by atoms with Gasteiger partial charge in [-0.25, -0.2) is 0 Å². The van der Waals surface area contributed by atoms with Gasteiger partial charge in [0, 0.05) is 5.92 Å². The average Bonchev–Trinajstić information content (AvgIpc) is 2.64. The molecule has 24 heavy (non-hydrogen) atoms. The van der Waals surface area contributed by atoms with Crippen molar-refractivity contribution < 1.29 is 0 Å². The molecule has 0 saturated heterocycles. The standard InChI is InChI=1S/C24H36/c1-3-5-19-7-11-21(12-8-19)23-15-17-24(18-16-23)22-13-9-20(6-4-2)10-14-22/h7-8,11-12,20,24H,3-6,9-10,13-18H2,1-2H3. The predicted octanol–water partition coefficient (Wildman–Crippen LogP) is 7.32. The zero-order valence-electron chi connectivity index (χ0n) is 15.9. The van der Waals surface area contributed by atoms with Gasteiger partial charge < -0.3 is 0 Å². The minimum Gasteiger partial charge on any atom is -0.0654 e. The molecule has 0 heteroatoms. The van der Waals surface area contributed by atoms with Crippen LogP contribution in [0.5, 0.6) is 0 Å². The molecule has 2 radical (unpaired) electrons. The molecule has 2 aliphatic rings. The monoisotopic (exact) mass is 324 g/mol. The summed E-state index contributed by atoms with van der Waals surface area (Å²) in [5, 5.41) is 0. The first-order chi connectivity index (χ1) is 11.8. The van der Waals surface area contributed by atoms with E-state index in [-0.39, 0.29) is 0 Å². The Morgan fingerprint density at radius 3 is 2.04 bits per heavy atom. The van der Waals surface area contributed by atoms with Crippen molar-refractivity contribution in [2.24, 2.45) is 11.8 Å². The third-order valence-corrected chi connectivity index (χ3v) is 6.51. The summed E-state index contributed by atoms with van der Waals surface area (Å²) >= 11 is 0. The predicted molar refractivity (Wildman–Crippen MR) is 105 cm³/mol. The minimum absolute atomic E-state index is 0.940. The normalized spacial score (nSPS) is 22.1. The summed E-state index contributed by atoms with van der Waals surface area (Å²) in [6, 6.07) is 9.46. The zero-order chi connectivity index (χ0) is 16.8. The summed E-state index contributed by atoms with van der Waals surface area (Å²) in [6.45, 7) is 4.60. The fourth-order valence-electron chi connectivity index (χ4n) is 5.01. The van der Waals surface area contributed by atoms with Gasteiger partial charge in [-0.15, -0.1) is 0 Å². The van der Waals surface area contributed by atoms with E-state index < -0.39 is 0 Å². The SMILES string of the molecule is CCCc1ccc([C]2CCC([C]3CCC(CCC)CC3)CC2)cc1. The maximum Gasteiger partial charge on any atom is 0.00500 e. The van der Waals surface area contributed by atoms with Gasteiger partial charge in [0.25, 0.3) is 0 Å². The van der Waals surface area contributed by atoms with Crippen LogP contribution in [-0.2, 0) is 6.42 Å². The van der Waals surface area contributed by atoms with Gasteiger partial charge in [-0.2, -0.15) is 0 Å². The Hall–Kier alpha value is -0.780.